The molecule has 0 radical (unpaired) electrons. The lowest BCUT2D eigenvalue weighted by Crippen LogP contribution is -2.34. The van der Waals surface area contributed by atoms with Gasteiger partial charge < -0.3 is 5.11 Å². The van der Waals surface area contributed by atoms with Crippen LogP contribution in [-0.4, -0.2) is 11.1 Å². The molecule has 2 rings (SSSR count). The Morgan fingerprint density at radius 2 is 2.06 bits per heavy atom. The van der Waals surface area contributed by atoms with Crippen molar-refractivity contribution in [2.45, 2.75) is 44.2 Å². The van der Waals surface area contributed by atoms with Crippen LogP contribution in [-0.2, 0) is 10.2 Å². The lowest BCUT2D eigenvalue weighted by atomic mass is 9.76. The van der Waals surface area contributed by atoms with Crippen LogP contribution in [0.15, 0.2) is 18.2 Å². The fraction of sp³-hybridized carbons (Fsp3) is 0.500. The predicted octanol–water partition coefficient (Wildman–Crippen LogP) is 4.27. The number of benzene rings is 1. The monoisotopic (exact) mass is 270 g/mol. The molecule has 1 aliphatic carbocycles. The van der Waals surface area contributed by atoms with Gasteiger partial charge in [0, 0.05) is 10.6 Å². The third kappa shape index (κ3) is 2.01. The molecule has 1 N–H and O–H groups in total. The molecule has 98 valence electrons. The van der Waals surface area contributed by atoms with E-state index >= 15 is 0 Å². The number of aliphatic carboxylic acids is 1. The maximum Gasteiger partial charge on any atom is 0.314 e. The molecule has 1 aliphatic rings. The van der Waals surface area contributed by atoms with Gasteiger partial charge in [0.1, 0.15) is 6.17 Å². The molecule has 1 atom stereocenters. The van der Waals surface area contributed by atoms with Crippen LogP contribution in [0.2, 0.25) is 5.02 Å². The molecule has 0 aliphatic heterocycles. The number of halogens is 2. The van der Waals surface area contributed by atoms with E-state index in [4.69, 9.17) is 11.6 Å². The molecular weight excluding hydrogens is 255 g/mol. The molecule has 1 saturated carbocycles. The molecule has 1 fully saturated rings. The first-order valence-corrected chi connectivity index (χ1v) is 6.53. The van der Waals surface area contributed by atoms with Crippen LogP contribution in [0.4, 0.5) is 4.39 Å². The normalized spacial score (nSPS) is 19.7. The van der Waals surface area contributed by atoms with Crippen LogP contribution in [0, 0.1) is 0 Å². The Kier molecular flexibility index (Phi) is 3.62. The molecule has 4 heteroatoms. The van der Waals surface area contributed by atoms with Gasteiger partial charge in [-0.25, -0.2) is 4.39 Å². The molecular formula is C14H16ClFO2. The highest BCUT2D eigenvalue weighted by atomic mass is 35.5. The summed E-state index contributed by atoms with van der Waals surface area (Å²) in [6.45, 7) is 1.40. The van der Waals surface area contributed by atoms with Crippen LogP contribution in [0.1, 0.15) is 49.9 Å². The van der Waals surface area contributed by atoms with E-state index in [2.05, 4.69) is 0 Å². The number of hydrogen-bond donors (Lipinski definition) is 1. The van der Waals surface area contributed by atoms with Crippen molar-refractivity contribution in [1.29, 1.82) is 0 Å². The fourth-order valence-corrected chi connectivity index (χ4v) is 3.26. The topological polar surface area (TPSA) is 37.3 Å². The summed E-state index contributed by atoms with van der Waals surface area (Å²) >= 11 is 6.04. The third-order valence-corrected chi connectivity index (χ3v) is 4.16. The Balaban J connectivity index is 2.62. The van der Waals surface area contributed by atoms with E-state index in [-0.39, 0.29) is 0 Å². The highest BCUT2D eigenvalue weighted by Gasteiger charge is 2.45. The molecule has 0 amide bonds. The van der Waals surface area contributed by atoms with Crippen molar-refractivity contribution in [3.8, 4) is 0 Å². The summed E-state index contributed by atoms with van der Waals surface area (Å²) in [6, 6.07) is 5.02. The van der Waals surface area contributed by atoms with Crippen molar-refractivity contribution < 1.29 is 14.3 Å². The fourth-order valence-electron chi connectivity index (χ4n) is 2.94. The smallest absolute Gasteiger partial charge is 0.314 e. The molecule has 0 bridgehead atoms. The van der Waals surface area contributed by atoms with Crippen molar-refractivity contribution in [1.82, 2.24) is 0 Å². The number of carboxylic acids is 1. The number of hydrogen-bond acceptors (Lipinski definition) is 1. The molecule has 0 aromatic heterocycles. The van der Waals surface area contributed by atoms with E-state index in [1.54, 1.807) is 18.2 Å². The number of carboxylic acid groups (broad SMARTS) is 1. The summed E-state index contributed by atoms with van der Waals surface area (Å²) in [5.74, 6) is -0.871. The Labute approximate surface area is 111 Å². The predicted molar refractivity (Wildman–Crippen MR) is 68.8 cm³/mol. The zero-order valence-corrected chi connectivity index (χ0v) is 11.0. The second kappa shape index (κ2) is 4.88. The van der Waals surface area contributed by atoms with Gasteiger partial charge >= 0.3 is 5.97 Å². The van der Waals surface area contributed by atoms with E-state index in [0.29, 0.717) is 29.0 Å². The highest BCUT2D eigenvalue weighted by Crippen LogP contribution is 2.45. The van der Waals surface area contributed by atoms with Gasteiger partial charge in [0.2, 0.25) is 0 Å². The van der Waals surface area contributed by atoms with Gasteiger partial charge in [0.15, 0.2) is 0 Å². The van der Waals surface area contributed by atoms with Crippen molar-refractivity contribution >= 4 is 17.6 Å². The number of alkyl halides is 1. The van der Waals surface area contributed by atoms with Gasteiger partial charge in [-0.15, -0.1) is 0 Å². The van der Waals surface area contributed by atoms with Crippen LogP contribution >= 0.6 is 11.6 Å². The molecule has 18 heavy (non-hydrogen) atoms. The van der Waals surface area contributed by atoms with Crippen LogP contribution in [0.25, 0.3) is 0 Å². The quantitative estimate of drug-likeness (QED) is 0.891. The first kappa shape index (κ1) is 13.3. The van der Waals surface area contributed by atoms with E-state index in [1.807, 2.05) is 0 Å². The molecule has 1 aromatic rings. The van der Waals surface area contributed by atoms with Crippen LogP contribution in [0.5, 0.6) is 0 Å². The zero-order chi connectivity index (χ0) is 13.3. The number of rotatable bonds is 3. The van der Waals surface area contributed by atoms with Crippen molar-refractivity contribution in [2.75, 3.05) is 0 Å². The average Bonchev–Trinajstić information content (AvgIpc) is 2.78. The minimum absolute atomic E-state index is 0.315. The first-order valence-electron chi connectivity index (χ1n) is 6.15. The SMILES string of the molecule is CC(F)c1c(Cl)cccc1C1(C(=O)O)CCCC1. The zero-order valence-electron chi connectivity index (χ0n) is 10.2. The summed E-state index contributed by atoms with van der Waals surface area (Å²) in [6.07, 6.45) is 1.58. The van der Waals surface area contributed by atoms with Crippen molar-refractivity contribution in [3.63, 3.8) is 0 Å². The summed E-state index contributed by atoms with van der Waals surface area (Å²) in [5, 5.41) is 9.86. The average molecular weight is 271 g/mol. The van der Waals surface area contributed by atoms with Crippen LogP contribution < -0.4 is 0 Å². The standard InChI is InChI=1S/C14H16ClFO2/c1-9(16)12-10(5-4-6-11(12)15)14(13(17)18)7-2-3-8-14/h4-6,9H,2-3,7-8H2,1H3,(H,17,18). The largest absolute Gasteiger partial charge is 0.481 e. The second-order valence-corrected chi connectivity index (χ2v) is 5.32. The lowest BCUT2D eigenvalue weighted by Gasteiger charge is -2.28. The van der Waals surface area contributed by atoms with Gasteiger partial charge in [0.25, 0.3) is 0 Å². The van der Waals surface area contributed by atoms with Gasteiger partial charge in [-0.3, -0.25) is 4.79 Å². The molecule has 1 aromatic carbocycles. The van der Waals surface area contributed by atoms with Crippen molar-refractivity contribution in [2.24, 2.45) is 0 Å². The Morgan fingerprint density at radius 1 is 1.44 bits per heavy atom. The van der Waals surface area contributed by atoms with Gasteiger partial charge in [0.05, 0.1) is 5.41 Å². The molecule has 0 heterocycles. The third-order valence-electron chi connectivity index (χ3n) is 3.83. The Morgan fingerprint density at radius 3 is 2.56 bits per heavy atom. The maximum atomic E-state index is 13.8. The lowest BCUT2D eigenvalue weighted by molar-refractivity contribution is -0.143. The summed E-state index contributed by atoms with van der Waals surface area (Å²) < 4.78 is 13.8. The van der Waals surface area contributed by atoms with Gasteiger partial charge in [-0.2, -0.15) is 0 Å². The number of carbonyl (C=O) groups is 1. The first-order chi connectivity index (χ1) is 8.49. The van der Waals surface area contributed by atoms with Gasteiger partial charge in [-0.1, -0.05) is 36.6 Å². The van der Waals surface area contributed by atoms with Crippen molar-refractivity contribution in [3.05, 3.63) is 34.3 Å². The van der Waals surface area contributed by atoms with Crippen LogP contribution in [0.3, 0.4) is 0 Å². The van der Waals surface area contributed by atoms with E-state index in [1.165, 1.54) is 6.92 Å². The van der Waals surface area contributed by atoms with E-state index in [9.17, 15) is 14.3 Å². The second-order valence-electron chi connectivity index (χ2n) is 4.91. The molecule has 0 saturated heterocycles. The van der Waals surface area contributed by atoms with Gasteiger partial charge in [-0.05, 0) is 31.4 Å². The summed E-state index contributed by atoms with van der Waals surface area (Å²) in [5.41, 5.74) is -0.0703. The highest BCUT2D eigenvalue weighted by molar-refractivity contribution is 6.31. The Hall–Kier alpha value is -1.09. The van der Waals surface area contributed by atoms with E-state index in [0.717, 1.165) is 12.8 Å². The molecule has 1 unspecified atom stereocenters. The molecule has 0 spiro atoms. The minimum Gasteiger partial charge on any atom is -0.481 e. The molecule has 2 nitrogen and oxygen atoms in total. The summed E-state index contributed by atoms with van der Waals surface area (Å²) in [7, 11) is 0. The summed E-state index contributed by atoms with van der Waals surface area (Å²) in [4.78, 5) is 11.6. The Bertz CT molecular complexity index is 465. The maximum absolute atomic E-state index is 13.8. The minimum atomic E-state index is -1.26. The van der Waals surface area contributed by atoms with E-state index < -0.39 is 17.6 Å².